The lowest BCUT2D eigenvalue weighted by Crippen LogP contribution is -2.22. The molecule has 0 saturated heterocycles. The van der Waals surface area contributed by atoms with Crippen LogP contribution in [-0.4, -0.2) is 14.5 Å². The van der Waals surface area contributed by atoms with Gasteiger partial charge in [-0.2, -0.15) is 0 Å². The summed E-state index contributed by atoms with van der Waals surface area (Å²) in [6.07, 6.45) is 0. The van der Waals surface area contributed by atoms with E-state index in [2.05, 4.69) is 0 Å². The monoisotopic (exact) mass is 389 g/mol. The van der Waals surface area contributed by atoms with E-state index in [0.29, 0.717) is 28.4 Å². The third kappa shape index (κ3) is 3.14. The van der Waals surface area contributed by atoms with Crippen LogP contribution < -0.4 is 5.56 Å². The number of hydrogen-bond donors (Lipinski definition) is 0. The number of nitro groups is 1. The summed E-state index contributed by atoms with van der Waals surface area (Å²) in [5, 5.41) is 12.5. The molecule has 0 radical (unpaired) electrons. The minimum absolute atomic E-state index is 0.0161. The molecule has 8 heteroatoms. The number of nitro benzene ring substituents is 1. The Labute approximate surface area is 159 Å². The molecule has 0 unspecified atom stereocenters. The van der Waals surface area contributed by atoms with Crippen molar-refractivity contribution in [2.45, 2.75) is 45.1 Å². The Morgan fingerprint density at radius 3 is 2.65 bits per heavy atom. The largest absolute Gasteiger partial charge is 0.287 e. The third-order valence-electron chi connectivity index (χ3n) is 4.54. The number of nitrogens with zero attached hydrogens (tertiary/aromatic N) is 3. The van der Waals surface area contributed by atoms with Crippen LogP contribution in [0.3, 0.4) is 0 Å². The van der Waals surface area contributed by atoms with E-state index in [1.807, 2.05) is 26.8 Å². The molecule has 0 amide bonds. The van der Waals surface area contributed by atoms with Crippen molar-refractivity contribution in [2.24, 2.45) is 0 Å². The zero-order chi connectivity index (χ0) is 19.0. The van der Waals surface area contributed by atoms with Gasteiger partial charge in [0.2, 0.25) is 0 Å². The van der Waals surface area contributed by atoms with Gasteiger partial charge in [-0.25, -0.2) is 4.98 Å². The van der Waals surface area contributed by atoms with Crippen LogP contribution in [-0.2, 0) is 12.3 Å². The molecule has 0 bridgehead atoms. The van der Waals surface area contributed by atoms with Crippen molar-refractivity contribution in [3.63, 3.8) is 0 Å². The quantitative estimate of drug-likeness (QED) is 0.276. The number of rotatable bonds is 5. The minimum Gasteiger partial charge on any atom is -0.287 e. The van der Waals surface area contributed by atoms with Gasteiger partial charge in [0.05, 0.1) is 10.3 Å². The Balaban J connectivity index is 2.01. The fourth-order valence-corrected chi connectivity index (χ4v) is 5.06. The highest BCUT2D eigenvalue weighted by Gasteiger charge is 2.17. The van der Waals surface area contributed by atoms with E-state index in [-0.39, 0.29) is 16.2 Å². The molecule has 0 spiro atoms. The molecule has 0 aliphatic rings. The molecule has 26 heavy (non-hydrogen) atoms. The number of hydrogen-bond acceptors (Lipinski definition) is 6. The summed E-state index contributed by atoms with van der Waals surface area (Å²) in [4.78, 5) is 30.2. The normalized spacial score (nSPS) is 11.2. The van der Waals surface area contributed by atoms with E-state index in [1.165, 1.54) is 29.2 Å². The Hall–Kier alpha value is -2.19. The summed E-state index contributed by atoms with van der Waals surface area (Å²) >= 11 is 2.97. The molecule has 3 aromatic rings. The Morgan fingerprint density at radius 1 is 1.27 bits per heavy atom. The first-order valence-electron chi connectivity index (χ1n) is 8.21. The van der Waals surface area contributed by atoms with Crippen LogP contribution in [0.1, 0.15) is 28.5 Å². The molecule has 0 N–H and O–H groups in total. The number of benzene rings is 1. The van der Waals surface area contributed by atoms with Crippen LogP contribution in [0.15, 0.2) is 28.2 Å². The van der Waals surface area contributed by atoms with E-state index in [0.717, 1.165) is 20.8 Å². The van der Waals surface area contributed by atoms with Crippen molar-refractivity contribution in [1.82, 2.24) is 9.55 Å². The van der Waals surface area contributed by atoms with Gasteiger partial charge in [0, 0.05) is 28.8 Å². The second-order valence-corrected chi connectivity index (χ2v) is 8.16. The van der Waals surface area contributed by atoms with Crippen molar-refractivity contribution in [3.8, 4) is 0 Å². The molecule has 0 saturated carbocycles. The van der Waals surface area contributed by atoms with Crippen LogP contribution in [0.2, 0.25) is 0 Å². The maximum absolute atomic E-state index is 12.9. The zero-order valence-electron chi connectivity index (χ0n) is 15.0. The Morgan fingerprint density at radius 2 is 2.00 bits per heavy atom. The average molecular weight is 390 g/mol. The van der Waals surface area contributed by atoms with Crippen LogP contribution in [0.5, 0.6) is 0 Å². The molecule has 0 fully saturated rings. The van der Waals surface area contributed by atoms with Gasteiger partial charge < -0.3 is 0 Å². The first-order valence-corrected chi connectivity index (χ1v) is 10.0. The lowest BCUT2D eigenvalue weighted by Gasteiger charge is -2.11. The van der Waals surface area contributed by atoms with Gasteiger partial charge in [0.15, 0.2) is 5.16 Å². The van der Waals surface area contributed by atoms with Crippen molar-refractivity contribution < 1.29 is 4.92 Å². The van der Waals surface area contributed by atoms with Crippen LogP contribution >= 0.6 is 23.1 Å². The standard InChI is InChI=1S/C18H19N3O3S2/c1-5-20-17(22)15-10(2)12(4)26-16(15)19-18(20)25-9-13-7-6-8-14(11(13)3)21(23)24/h6-8H,5,9H2,1-4H3. The molecule has 3 rings (SSSR count). The number of thioether (sulfide) groups is 1. The SMILES string of the molecule is CCn1c(SCc2cccc([N+](=O)[O-])c2C)nc2sc(C)c(C)c2c1=O. The lowest BCUT2D eigenvalue weighted by molar-refractivity contribution is -0.385. The number of aryl methyl sites for hydroxylation is 2. The molecule has 2 heterocycles. The highest BCUT2D eigenvalue weighted by atomic mass is 32.2. The van der Waals surface area contributed by atoms with E-state index in [9.17, 15) is 14.9 Å². The van der Waals surface area contributed by atoms with Gasteiger partial charge in [0.25, 0.3) is 11.2 Å². The maximum atomic E-state index is 12.9. The van der Waals surface area contributed by atoms with Crippen LogP contribution in [0.4, 0.5) is 5.69 Å². The van der Waals surface area contributed by atoms with Crippen molar-refractivity contribution >= 4 is 39.0 Å². The first kappa shape index (κ1) is 18.6. The van der Waals surface area contributed by atoms with Crippen LogP contribution in [0, 0.1) is 30.9 Å². The van der Waals surface area contributed by atoms with E-state index in [4.69, 9.17) is 4.98 Å². The summed E-state index contributed by atoms with van der Waals surface area (Å²) in [5.74, 6) is 0.523. The van der Waals surface area contributed by atoms with Crippen molar-refractivity contribution in [2.75, 3.05) is 0 Å². The second kappa shape index (κ2) is 7.20. The molecule has 136 valence electrons. The number of thiophene rings is 1. The lowest BCUT2D eigenvalue weighted by atomic mass is 10.1. The average Bonchev–Trinajstić information content (AvgIpc) is 2.88. The van der Waals surface area contributed by atoms with Crippen molar-refractivity contribution in [3.05, 3.63) is 60.2 Å². The zero-order valence-corrected chi connectivity index (χ0v) is 16.7. The summed E-state index contributed by atoms with van der Waals surface area (Å²) in [6.45, 7) is 8.16. The number of aromatic nitrogens is 2. The van der Waals surface area contributed by atoms with E-state index < -0.39 is 0 Å². The fourth-order valence-electron chi connectivity index (χ4n) is 2.86. The molecular weight excluding hydrogens is 370 g/mol. The molecule has 0 aliphatic heterocycles. The predicted octanol–water partition coefficient (Wildman–Crippen LogP) is 4.60. The van der Waals surface area contributed by atoms with Gasteiger partial charge in [-0.15, -0.1) is 11.3 Å². The van der Waals surface area contributed by atoms with Crippen molar-refractivity contribution in [1.29, 1.82) is 0 Å². The minimum atomic E-state index is -0.368. The molecule has 0 atom stereocenters. The summed E-state index contributed by atoms with van der Waals surface area (Å²) < 4.78 is 1.68. The van der Waals surface area contributed by atoms with Gasteiger partial charge in [-0.3, -0.25) is 19.5 Å². The molecule has 6 nitrogen and oxygen atoms in total. The summed E-state index contributed by atoms with van der Waals surface area (Å²) in [6, 6.07) is 5.07. The topological polar surface area (TPSA) is 78.0 Å². The molecular formula is C18H19N3O3S2. The van der Waals surface area contributed by atoms with Crippen LogP contribution in [0.25, 0.3) is 10.2 Å². The predicted molar refractivity (Wildman–Crippen MR) is 106 cm³/mol. The Kier molecular flexibility index (Phi) is 5.15. The van der Waals surface area contributed by atoms with Gasteiger partial charge in [-0.1, -0.05) is 23.9 Å². The Bertz CT molecular complexity index is 1070. The molecule has 1 aromatic carbocycles. The third-order valence-corrected chi connectivity index (χ3v) is 6.67. The molecule has 0 aliphatic carbocycles. The highest BCUT2D eigenvalue weighted by Crippen LogP contribution is 2.31. The second-order valence-electron chi connectivity index (χ2n) is 6.01. The molecule has 2 aromatic heterocycles. The maximum Gasteiger partial charge on any atom is 0.272 e. The van der Waals surface area contributed by atoms with Gasteiger partial charge >= 0.3 is 0 Å². The number of fused-ring (bicyclic) bond motifs is 1. The van der Waals surface area contributed by atoms with E-state index >= 15 is 0 Å². The van der Waals surface area contributed by atoms with Gasteiger partial charge in [-0.05, 0) is 38.8 Å². The fraction of sp³-hybridized carbons (Fsp3) is 0.333. The first-order chi connectivity index (χ1) is 12.3. The van der Waals surface area contributed by atoms with E-state index in [1.54, 1.807) is 17.6 Å². The van der Waals surface area contributed by atoms with Gasteiger partial charge in [0.1, 0.15) is 4.83 Å². The smallest absolute Gasteiger partial charge is 0.272 e. The summed E-state index contributed by atoms with van der Waals surface area (Å²) in [5.41, 5.74) is 2.62. The summed E-state index contributed by atoms with van der Waals surface area (Å²) in [7, 11) is 0. The highest BCUT2D eigenvalue weighted by molar-refractivity contribution is 7.98.